The van der Waals surface area contributed by atoms with Gasteiger partial charge in [0.05, 0.1) is 17.1 Å². The average Bonchev–Trinajstić information content (AvgIpc) is 2.89. The number of aryl methyl sites for hydroxylation is 1. The summed E-state index contributed by atoms with van der Waals surface area (Å²) in [4.78, 5) is 0.269. The molecule has 0 atom stereocenters. The van der Waals surface area contributed by atoms with Crippen LogP contribution in [0.3, 0.4) is 0 Å². The molecule has 0 saturated heterocycles. The molecule has 1 aromatic heterocycles. The number of sulfonamides is 1. The highest BCUT2D eigenvalue weighted by Crippen LogP contribution is 2.22. The lowest BCUT2D eigenvalue weighted by Gasteiger charge is -2.21. The van der Waals surface area contributed by atoms with E-state index in [1.54, 1.807) is 23.9 Å². The zero-order valence-electron chi connectivity index (χ0n) is 17.5. The van der Waals surface area contributed by atoms with Gasteiger partial charge >= 0.3 is 0 Å². The van der Waals surface area contributed by atoms with E-state index < -0.39 is 10.0 Å². The zero-order chi connectivity index (χ0) is 21.1. The molecule has 0 aliphatic heterocycles. The molecule has 162 valence electrons. The smallest absolute Gasteiger partial charge is 0.243 e. The van der Waals surface area contributed by atoms with Gasteiger partial charge in [-0.15, -0.1) is 12.4 Å². The summed E-state index contributed by atoms with van der Waals surface area (Å²) in [6, 6.07) is 6.76. The molecule has 2 rings (SSSR count). The molecule has 29 heavy (non-hydrogen) atoms. The zero-order valence-corrected chi connectivity index (χ0v) is 19.1. The number of aromatic nitrogens is 2. The molecule has 0 fully saturated rings. The molecule has 1 heterocycles. The van der Waals surface area contributed by atoms with Crippen LogP contribution < -0.4 is 5.73 Å². The Morgan fingerprint density at radius 2 is 1.86 bits per heavy atom. The second-order valence-electron chi connectivity index (χ2n) is 7.13. The highest BCUT2D eigenvalue weighted by Gasteiger charge is 2.23. The largest absolute Gasteiger partial charge is 0.327 e. The minimum Gasteiger partial charge on any atom is -0.327 e. The number of allylic oxidation sites excluding steroid dienone is 1. The number of nitrogens with zero attached hydrogens (tertiary/aromatic N) is 3. The van der Waals surface area contributed by atoms with Gasteiger partial charge in [0.2, 0.25) is 10.0 Å². The van der Waals surface area contributed by atoms with Crippen molar-refractivity contribution in [1.82, 2.24) is 14.1 Å². The quantitative estimate of drug-likeness (QED) is 0.676. The Kier molecular flexibility index (Phi) is 9.02. The van der Waals surface area contributed by atoms with Gasteiger partial charge in [-0.2, -0.15) is 9.40 Å². The van der Waals surface area contributed by atoms with Gasteiger partial charge in [-0.05, 0) is 51.5 Å². The van der Waals surface area contributed by atoms with Crippen molar-refractivity contribution in [2.24, 2.45) is 5.73 Å². The van der Waals surface area contributed by atoms with E-state index in [0.29, 0.717) is 6.42 Å². The van der Waals surface area contributed by atoms with E-state index in [0.717, 1.165) is 22.5 Å². The molecule has 2 aromatic rings. The fourth-order valence-corrected chi connectivity index (χ4v) is 4.27. The van der Waals surface area contributed by atoms with E-state index in [9.17, 15) is 12.8 Å². The molecular weight excluding hydrogens is 415 g/mol. The lowest BCUT2D eigenvalue weighted by atomic mass is 10.0. The highest BCUT2D eigenvalue weighted by molar-refractivity contribution is 7.89. The molecule has 2 N–H and O–H groups in total. The Bertz CT molecular complexity index is 954. The van der Waals surface area contributed by atoms with Crippen molar-refractivity contribution in [2.45, 2.75) is 51.6 Å². The van der Waals surface area contributed by atoms with Gasteiger partial charge < -0.3 is 5.73 Å². The maximum atomic E-state index is 13.8. The van der Waals surface area contributed by atoms with Crippen LogP contribution in [0, 0.1) is 13.8 Å². The van der Waals surface area contributed by atoms with E-state index in [-0.39, 0.29) is 42.3 Å². The van der Waals surface area contributed by atoms with Crippen molar-refractivity contribution in [2.75, 3.05) is 13.6 Å². The molecule has 0 saturated carbocycles. The van der Waals surface area contributed by atoms with Crippen molar-refractivity contribution >= 4 is 22.4 Å². The molecule has 0 amide bonds. The van der Waals surface area contributed by atoms with Crippen LogP contribution in [0.4, 0.5) is 4.39 Å². The summed E-state index contributed by atoms with van der Waals surface area (Å²) in [5.41, 5.74) is 9.03. The van der Waals surface area contributed by atoms with E-state index in [1.807, 2.05) is 39.8 Å². The van der Waals surface area contributed by atoms with E-state index >= 15 is 0 Å². The fraction of sp³-hybridized carbons (Fsp3) is 0.450. The Balaban J connectivity index is 0.00000420. The standard InChI is InChI=1S/C20H29FN4O2S.ClH/c1-14(2)24(5)28(26,27)19-8-6-17(7-9-19)12-20-15(3)23-25(16(20)4)13-18(21)10-11-22;/h6-10,14H,11-13,22H2,1-5H3;1H/b18-10-;. The third kappa shape index (κ3) is 5.88. The molecule has 0 radical (unpaired) electrons. The first-order valence-electron chi connectivity index (χ1n) is 9.22. The van der Waals surface area contributed by atoms with Crippen molar-refractivity contribution in [3.63, 3.8) is 0 Å². The summed E-state index contributed by atoms with van der Waals surface area (Å²) < 4.78 is 41.9. The van der Waals surface area contributed by atoms with Gasteiger partial charge in [0, 0.05) is 37.3 Å². The van der Waals surface area contributed by atoms with Gasteiger partial charge in [-0.3, -0.25) is 4.68 Å². The molecule has 9 heteroatoms. The topological polar surface area (TPSA) is 81.2 Å². The van der Waals surface area contributed by atoms with Gasteiger partial charge in [-0.25, -0.2) is 12.8 Å². The van der Waals surface area contributed by atoms with Crippen LogP contribution in [-0.2, 0) is 23.0 Å². The van der Waals surface area contributed by atoms with Crippen molar-refractivity contribution < 1.29 is 12.8 Å². The van der Waals surface area contributed by atoms with E-state index in [1.165, 1.54) is 10.4 Å². The summed E-state index contributed by atoms with van der Waals surface area (Å²) in [6.07, 6.45) is 1.93. The summed E-state index contributed by atoms with van der Waals surface area (Å²) in [5.74, 6) is -0.316. The first-order valence-corrected chi connectivity index (χ1v) is 10.7. The van der Waals surface area contributed by atoms with Crippen LogP contribution in [0.2, 0.25) is 0 Å². The number of rotatable bonds is 8. The number of halogens is 2. The van der Waals surface area contributed by atoms with Crippen molar-refractivity contribution in [3.8, 4) is 0 Å². The first kappa shape index (κ1) is 25.3. The third-order valence-electron chi connectivity index (χ3n) is 4.88. The molecule has 0 aliphatic rings. The van der Waals surface area contributed by atoms with Crippen LogP contribution in [0.15, 0.2) is 41.1 Å². The summed E-state index contributed by atoms with van der Waals surface area (Å²) >= 11 is 0. The van der Waals surface area contributed by atoms with Crippen LogP contribution in [0.25, 0.3) is 0 Å². The average molecular weight is 445 g/mol. The highest BCUT2D eigenvalue weighted by atomic mass is 35.5. The van der Waals surface area contributed by atoms with Gasteiger partial charge in [0.15, 0.2) is 0 Å². The van der Waals surface area contributed by atoms with Crippen molar-refractivity contribution in [3.05, 3.63) is 58.7 Å². The lowest BCUT2D eigenvalue weighted by molar-refractivity contribution is 0.410. The molecule has 0 spiro atoms. The predicted molar refractivity (Wildman–Crippen MR) is 117 cm³/mol. The Labute approximate surface area is 179 Å². The first-order chi connectivity index (χ1) is 13.1. The minimum atomic E-state index is -3.50. The van der Waals surface area contributed by atoms with Crippen molar-refractivity contribution in [1.29, 1.82) is 0 Å². The van der Waals surface area contributed by atoms with E-state index in [4.69, 9.17) is 5.73 Å². The second kappa shape index (κ2) is 10.3. The number of benzene rings is 1. The van der Waals surface area contributed by atoms with Gasteiger partial charge in [-0.1, -0.05) is 12.1 Å². The lowest BCUT2D eigenvalue weighted by Crippen LogP contribution is -2.33. The van der Waals surface area contributed by atoms with Crippen LogP contribution in [0.1, 0.15) is 36.4 Å². The van der Waals surface area contributed by atoms with Gasteiger partial charge in [0.25, 0.3) is 0 Å². The summed E-state index contributed by atoms with van der Waals surface area (Å²) in [6.45, 7) is 7.67. The molecule has 0 bridgehead atoms. The number of hydrogen-bond acceptors (Lipinski definition) is 4. The van der Waals surface area contributed by atoms with Crippen LogP contribution in [-0.4, -0.2) is 42.1 Å². The Morgan fingerprint density at radius 1 is 1.28 bits per heavy atom. The second-order valence-corrected chi connectivity index (χ2v) is 9.13. The monoisotopic (exact) mass is 444 g/mol. The molecule has 6 nitrogen and oxygen atoms in total. The molecular formula is C20H30ClFN4O2S. The Morgan fingerprint density at radius 3 is 2.38 bits per heavy atom. The fourth-order valence-electron chi connectivity index (χ4n) is 2.91. The molecule has 0 aliphatic carbocycles. The third-order valence-corrected chi connectivity index (χ3v) is 6.93. The Hall–Kier alpha value is -1.74. The van der Waals surface area contributed by atoms with Crippen LogP contribution in [0.5, 0.6) is 0 Å². The van der Waals surface area contributed by atoms with Crippen LogP contribution >= 0.6 is 12.4 Å². The molecule has 1 aromatic carbocycles. The maximum absolute atomic E-state index is 13.8. The summed E-state index contributed by atoms with van der Waals surface area (Å²) in [5, 5.41) is 4.42. The molecule has 0 unspecified atom stereocenters. The summed E-state index contributed by atoms with van der Waals surface area (Å²) in [7, 11) is -1.92. The van der Waals surface area contributed by atoms with Gasteiger partial charge in [0.1, 0.15) is 5.83 Å². The minimum absolute atomic E-state index is 0. The SMILES string of the molecule is Cc1nn(C/C(F)=C/CN)c(C)c1Cc1ccc(S(=O)(=O)N(C)C(C)C)cc1.Cl. The normalized spacial score (nSPS) is 12.5. The van der Waals surface area contributed by atoms with E-state index in [2.05, 4.69) is 5.10 Å². The number of nitrogens with two attached hydrogens (primary N) is 1. The predicted octanol–water partition coefficient (Wildman–Crippen LogP) is 3.35. The maximum Gasteiger partial charge on any atom is 0.243 e. The number of hydrogen-bond donors (Lipinski definition) is 1.